The van der Waals surface area contributed by atoms with Crippen LogP contribution in [0.3, 0.4) is 0 Å². The maximum atomic E-state index is 4.07. The van der Waals surface area contributed by atoms with Crippen LogP contribution in [0.1, 0.15) is 35.3 Å². The number of thiophene rings is 1. The zero-order chi connectivity index (χ0) is 11.0. The normalized spacial score (nSPS) is 19.1. The van der Waals surface area contributed by atoms with Gasteiger partial charge in [0.2, 0.25) is 0 Å². The number of rotatable bonds is 1. The molecule has 2 aromatic heterocycles. The second-order valence-corrected chi connectivity index (χ2v) is 5.20. The van der Waals surface area contributed by atoms with E-state index in [0.717, 1.165) is 6.42 Å². The van der Waals surface area contributed by atoms with Gasteiger partial charge in [0.15, 0.2) is 0 Å². The van der Waals surface area contributed by atoms with Crippen LogP contribution < -0.4 is 0 Å². The van der Waals surface area contributed by atoms with E-state index in [4.69, 9.17) is 0 Å². The van der Waals surface area contributed by atoms with Crippen LogP contribution in [0.2, 0.25) is 0 Å². The fraction of sp³-hybridized carbons (Fsp3) is 0.214. The Morgan fingerprint density at radius 3 is 2.88 bits per heavy atom. The third-order valence-corrected chi connectivity index (χ3v) is 4.25. The topological polar surface area (TPSA) is 12.9 Å². The molecule has 0 amide bonds. The quantitative estimate of drug-likeness (QED) is 0.711. The van der Waals surface area contributed by atoms with Crippen LogP contribution in [0.15, 0.2) is 36.0 Å². The van der Waals surface area contributed by atoms with E-state index >= 15 is 0 Å². The molecule has 2 aromatic rings. The van der Waals surface area contributed by atoms with E-state index in [2.05, 4.69) is 41.6 Å². The molecule has 16 heavy (non-hydrogen) atoms. The van der Waals surface area contributed by atoms with E-state index in [-0.39, 0.29) is 0 Å². The molecule has 0 aromatic carbocycles. The Labute approximate surface area is 99.5 Å². The zero-order valence-electron chi connectivity index (χ0n) is 9.18. The molecule has 1 nitrogen and oxygen atoms in total. The van der Waals surface area contributed by atoms with E-state index in [9.17, 15) is 0 Å². The highest BCUT2D eigenvalue weighted by Crippen LogP contribution is 2.40. The smallest absolute Gasteiger partial charge is 0.0273 e. The first-order valence-electron chi connectivity index (χ1n) is 5.53. The summed E-state index contributed by atoms with van der Waals surface area (Å²) in [5.41, 5.74) is 4.13. The summed E-state index contributed by atoms with van der Waals surface area (Å²) in [7, 11) is 0. The Bertz CT molecular complexity index is 525. The molecular formula is C14H13NS. The predicted molar refractivity (Wildman–Crippen MR) is 69.5 cm³/mol. The van der Waals surface area contributed by atoms with Gasteiger partial charge in [-0.2, -0.15) is 0 Å². The van der Waals surface area contributed by atoms with E-state index in [1.165, 1.54) is 21.6 Å². The lowest BCUT2D eigenvalue weighted by atomic mass is 9.87. The van der Waals surface area contributed by atoms with Crippen molar-refractivity contribution in [3.05, 3.63) is 52.0 Å². The van der Waals surface area contributed by atoms with Crippen molar-refractivity contribution in [1.82, 2.24) is 4.98 Å². The van der Waals surface area contributed by atoms with Gasteiger partial charge in [0, 0.05) is 17.3 Å². The second kappa shape index (κ2) is 3.87. The standard InChI is InChI=1S/C14H13NS/c1-10-8-13(11-2-5-15-6-3-11)9-12-4-7-16-14(10)12/h2-7,9-10H,8H2,1H3. The molecule has 0 bridgehead atoms. The van der Waals surface area contributed by atoms with Gasteiger partial charge in [0.05, 0.1) is 0 Å². The van der Waals surface area contributed by atoms with Crippen LogP contribution in [-0.4, -0.2) is 4.98 Å². The molecule has 0 fully saturated rings. The van der Waals surface area contributed by atoms with Crippen molar-refractivity contribution in [3.63, 3.8) is 0 Å². The molecule has 0 saturated heterocycles. The Balaban J connectivity index is 2.07. The minimum atomic E-state index is 0.642. The third kappa shape index (κ3) is 1.59. The van der Waals surface area contributed by atoms with Crippen molar-refractivity contribution in [2.24, 2.45) is 0 Å². The predicted octanol–water partition coefficient (Wildman–Crippen LogP) is 4.19. The van der Waals surface area contributed by atoms with Gasteiger partial charge >= 0.3 is 0 Å². The molecule has 0 radical (unpaired) electrons. The summed E-state index contributed by atoms with van der Waals surface area (Å²) in [6.45, 7) is 2.31. The summed E-state index contributed by atoms with van der Waals surface area (Å²) in [5.74, 6) is 0.642. The van der Waals surface area contributed by atoms with Crippen molar-refractivity contribution in [3.8, 4) is 0 Å². The van der Waals surface area contributed by atoms with Gasteiger partial charge in [0.25, 0.3) is 0 Å². The van der Waals surface area contributed by atoms with E-state index in [0.29, 0.717) is 5.92 Å². The molecule has 2 heteroatoms. The first-order valence-corrected chi connectivity index (χ1v) is 6.41. The first-order chi connectivity index (χ1) is 7.84. The molecule has 0 saturated carbocycles. The van der Waals surface area contributed by atoms with Gasteiger partial charge in [-0.3, -0.25) is 4.98 Å². The number of fused-ring (bicyclic) bond motifs is 1. The van der Waals surface area contributed by atoms with Crippen LogP contribution in [0.5, 0.6) is 0 Å². The van der Waals surface area contributed by atoms with E-state index in [1.54, 1.807) is 0 Å². The largest absolute Gasteiger partial charge is 0.265 e. The number of hydrogen-bond acceptors (Lipinski definition) is 2. The van der Waals surface area contributed by atoms with E-state index in [1.807, 2.05) is 23.7 Å². The van der Waals surface area contributed by atoms with Crippen molar-refractivity contribution >= 4 is 23.0 Å². The van der Waals surface area contributed by atoms with Gasteiger partial charge in [-0.15, -0.1) is 11.3 Å². The molecule has 0 spiro atoms. The molecule has 1 unspecified atom stereocenters. The molecule has 1 aliphatic rings. The number of hydrogen-bond donors (Lipinski definition) is 0. The molecule has 1 aliphatic carbocycles. The lowest BCUT2D eigenvalue weighted by molar-refractivity contribution is 0.802. The lowest BCUT2D eigenvalue weighted by Gasteiger charge is -2.19. The van der Waals surface area contributed by atoms with Gasteiger partial charge in [-0.25, -0.2) is 0 Å². The summed E-state index contributed by atoms with van der Waals surface area (Å²) in [4.78, 5) is 5.59. The molecule has 2 heterocycles. The zero-order valence-corrected chi connectivity index (χ0v) is 10.00. The summed E-state index contributed by atoms with van der Waals surface area (Å²) >= 11 is 1.87. The van der Waals surface area contributed by atoms with Crippen molar-refractivity contribution in [1.29, 1.82) is 0 Å². The molecule has 80 valence electrons. The summed E-state index contributed by atoms with van der Waals surface area (Å²) in [6.07, 6.45) is 7.19. The highest BCUT2D eigenvalue weighted by molar-refractivity contribution is 7.10. The van der Waals surface area contributed by atoms with Crippen LogP contribution in [0, 0.1) is 0 Å². The molecule has 3 rings (SSSR count). The molecular weight excluding hydrogens is 214 g/mol. The third-order valence-electron chi connectivity index (χ3n) is 3.08. The number of aromatic nitrogens is 1. The highest BCUT2D eigenvalue weighted by atomic mass is 32.1. The van der Waals surface area contributed by atoms with Gasteiger partial charge in [-0.05, 0) is 52.6 Å². The Morgan fingerprint density at radius 2 is 2.06 bits per heavy atom. The molecule has 0 N–H and O–H groups in total. The lowest BCUT2D eigenvalue weighted by Crippen LogP contribution is -2.00. The summed E-state index contributed by atoms with van der Waals surface area (Å²) in [5, 5.41) is 2.19. The van der Waals surface area contributed by atoms with Crippen LogP contribution in [0.25, 0.3) is 11.6 Å². The summed E-state index contributed by atoms with van der Waals surface area (Å²) < 4.78 is 0. The van der Waals surface area contributed by atoms with E-state index < -0.39 is 0 Å². The van der Waals surface area contributed by atoms with Crippen molar-refractivity contribution in [2.75, 3.05) is 0 Å². The highest BCUT2D eigenvalue weighted by Gasteiger charge is 2.19. The first kappa shape index (κ1) is 9.79. The number of nitrogens with zero attached hydrogens (tertiary/aromatic N) is 1. The Hall–Kier alpha value is -1.41. The fourth-order valence-electron chi connectivity index (χ4n) is 2.29. The molecule has 1 atom stereocenters. The monoisotopic (exact) mass is 227 g/mol. The van der Waals surface area contributed by atoms with Gasteiger partial charge < -0.3 is 0 Å². The second-order valence-electron chi connectivity index (χ2n) is 4.25. The Morgan fingerprint density at radius 1 is 1.25 bits per heavy atom. The van der Waals surface area contributed by atoms with Crippen LogP contribution in [0.4, 0.5) is 0 Å². The average molecular weight is 227 g/mol. The Kier molecular flexibility index (Phi) is 2.37. The van der Waals surface area contributed by atoms with Crippen LogP contribution in [-0.2, 0) is 0 Å². The van der Waals surface area contributed by atoms with Crippen LogP contribution >= 0.6 is 11.3 Å². The van der Waals surface area contributed by atoms with Gasteiger partial charge in [0.1, 0.15) is 0 Å². The SMILES string of the molecule is CC1CC(c2ccncc2)=Cc2ccsc21. The summed E-state index contributed by atoms with van der Waals surface area (Å²) in [6, 6.07) is 6.41. The maximum absolute atomic E-state index is 4.07. The average Bonchev–Trinajstić information content (AvgIpc) is 2.79. The minimum absolute atomic E-state index is 0.642. The van der Waals surface area contributed by atoms with Gasteiger partial charge in [-0.1, -0.05) is 13.0 Å². The maximum Gasteiger partial charge on any atom is 0.0273 e. The fourth-order valence-corrected chi connectivity index (χ4v) is 3.23. The van der Waals surface area contributed by atoms with Crippen molar-refractivity contribution in [2.45, 2.75) is 19.3 Å². The minimum Gasteiger partial charge on any atom is -0.265 e. The number of pyridine rings is 1. The number of allylic oxidation sites excluding steroid dienone is 1. The molecule has 0 aliphatic heterocycles. The van der Waals surface area contributed by atoms with Crippen molar-refractivity contribution < 1.29 is 0 Å².